The number of hydrogen-bond acceptors (Lipinski definition) is 5. The summed E-state index contributed by atoms with van der Waals surface area (Å²) in [7, 11) is 0. The van der Waals surface area contributed by atoms with Gasteiger partial charge in [-0.15, -0.1) is 10.2 Å². The second-order valence-corrected chi connectivity index (χ2v) is 7.31. The lowest BCUT2D eigenvalue weighted by Crippen LogP contribution is -2.29. The molecule has 6 heteroatoms. The summed E-state index contributed by atoms with van der Waals surface area (Å²) < 4.78 is 2.14. The largest absolute Gasteiger partial charge is 0.347 e. The van der Waals surface area contributed by atoms with Crippen LogP contribution in [0.1, 0.15) is 30.5 Å². The topological polar surface area (TPSA) is 46.0 Å². The summed E-state index contributed by atoms with van der Waals surface area (Å²) in [5, 5.41) is 14.3. The number of aromatic nitrogens is 3. The van der Waals surface area contributed by atoms with Crippen LogP contribution in [-0.4, -0.2) is 27.9 Å². The zero-order chi connectivity index (χ0) is 16.9. The van der Waals surface area contributed by atoms with Gasteiger partial charge < -0.3 is 10.2 Å². The summed E-state index contributed by atoms with van der Waals surface area (Å²) in [5.74, 6) is 0. The summed E-state index contributed by atoms with van der Waals surface area (Å²) in [6, 6.07) is 14.7. The Kier molecular flexibility index (Phi) is 5.09. The van der Waals surface area contributed by atoms with Gasteiger partial charge >= 0.3 is 0 Å². The van der Waals surface area contributed by atoms with Gasteiger partial charge in [-0.1, -0.05) is 41.7 Å². The lowest BCUT2D eigenvalue weighted by molar-refractivity contribution is 0.575. The fourth-order valence-electron chi connectivity index (χ4n) is 3.20. The number of hydrogen-bond donors (Lipinski definition) is 1. The Labute approximate surface area is 152 Å². The van der Waals surface area contributed by atoms with Crippen LogP contribution < -0.4 is 10.2 Å². The first-order valence-corrected chi connectivity index (χ1v) is 9.71. The van der Waals surface area contributed by atoms with Crippen molar-refractivity contribution < 1.29 is 0 Å². The molecule has 1 aliphatic heterocycles. The molecule has 130 valence electrons. The molecule has 3 aromatic rings. The van der Waals surface area contributed by atoms with Crippen LogP contribution in [0.25, 0.3) is 5.13 Å². The summed E-state index contributed by atoms with van der Waals surface area (Å²) >= 11 is 1.68. The van der Waals surface area contributed by atoms with Crippen LogP contribution in [0.4, 0.5) is 5.13 Å². The fraction of sp³-hybridized carbons (Fsp3) is 0.368. The van der Waals surface area contributed by atoms with E-state index in [2.05, 4.69) is 67.6 Å². The normalized spacial score (nSPS) is 14.8. The van der Waals surface area contributed by atoms with E-state index in [1.54, 1.807) is 11.3 Å². The van der Waals surface area contributed by atoms with Crippen molar-refractivity contribution >= 4 is 16.5 Å². The zero-order valence-corrected chi connectivity index (χ0v) is 15.1. The summed E-state index contributed by atoms with van der Waals surface area (Å²) in [6.45, 7) is 3.87. The van der Waals surface area contributed by atoms with Crippen molar-refractivity contribution in [1.29, 1.82) is 0 Å². The van der Waals surface area contributed by atoms with Crippen LogP contribution in [0, 0.1) is 0 Å². The molecule has 0 radical (unpaired) electrons. The number of benzene rings is 1. The van der Waals surface area contributed by atoms with E-state index in [4.69, 9.17) is 0 Å². The van der Waals surface area contributed by atoms with E-state index in [0.29, 0.717) is 0 Å². The van der Waals surface area contributed by atoms with Gasteiger partial charge in [0.25, 0.3) is 0 Å². The third-order valence-corrected chi connectivity index (χ3v) is 5.53. The third kappa shape index (κ3) is 3.91. The van der Waals surface area contributed by atoms with E-state index in [-0.39, 0.29) is 0 Å². The molecule has 3 heterocycles. The molecule has 0 amide bonds. The van der Waals surface area contributed by atoms with E-state index < -0.39 is 0 Å². The maximum Gasteiger partial charge on any atom is 0.218 e. The van der Waals surface area contributed by atoms with Crippen LogP contribution in [-0.2, 0) is 13.1 Å². The van der Waals surface area contributed by atoms with E-state index in [9.17, 15) is 0 Å². The number of nitrogens with zero attached hydrogens (tertiary/aromatic N) is 4. The third-order valence-electron chi connectivity index (χ3n) is 4.55. The Hall–Kier alpha value is -2.18. The van der Waals surface area contributed by atoms with Crippen molar-refractivity contribution in [2.45, 2.75) is 32.4 Å². The smallest absolute Gasteiger partial charge is 0.218 e. The quantitative estimate of drug-likeness (QED) is 0.735. The lowest BCUT2D eigenvalue weighted by Gasteiger charge is -2.25. The van der Waals surface area contributed by atoms with Gasteiger partial charge in [0.15, 0.2) is 0 Å². The van der Waals surface area contributed by atoms with Crippen molar-refractivity contribution in [3.8, 4) is 5.13 Å². The van der Waals surface area contributed by atoms with Crippen LogP contribution in [0.3, 0.4) is 0 Å². The minimum atomic E-state index is 0.806. The Balaban J connectivity index is 1.41. The highest BCUT2D eigenvalue weighted by atomic mass is 32.1. The first kappa shape index (κ1) is 16.3. The standard InChI is InChI=1S/C19H23N5S/c1-3-8-16(9-4-1)14-20-15-17-10-7-13-24(17)19-22-21-18(25-19)23-11-5-2-6-12-23/h1,3-4,7-10,13,20H,2,5-6,11-12,14-15H2. The van der Waals surface area contributed by atoms with E-state index in [1.165, 1.54) is 30.5 Å². The molecule has 1 aliphatic rings. The predicted molar refractivity (Wildman–Crippen MR) is 102 cm³/mol. The van der Waals surface area contributed by atoms with E-state index in [0.717, 1.165) is 36.4 Å². The van der Waals surface area contributed by atoms with Gasteiger partial charge in [-0.05, 0) is 37.0 Å². The first-order chi connectivity index (χ1) is 12.4. The molecule has 0 atom stereocenters. The minimum absolute atomic E-state index is 0.806. The Morgan fingerprint density at radius 3 is 2.52 bits per heavy atom. The molecule has 0 bridgehead atoms. The summed E-state index contributed by atoms with van der Waals surface area (Å²) in [5.41, 5.74) is 2.50. The molecule has 0 spiro atoms. The Morgan fingerprint density at radius 2 is 1.68 bits per heavy atom. The van der Waals surface area contributed by atoms with Crippen molar-refractivity contribution in [3.05, 3.63) is 59.9 Å². The van der Waals surface area contributed by atoms with E-state index >= 15 is 0 Å². The molecule has 0 saturated carbocycles. The molecule has 0 unspecified atom stereocenters. The predicted octanol–water partition coefficient (Wildman–Crippen LogP) is 3.61. The van der Waals surface area contributed by atoms with Gasteiger partial charge in [0.1, 0.15) is 0 Å². The van der Waals surface area contributed by atoms with Gasteiger partial charge in [0, 0.05) is 38.1 Å². The molecule has 25 heavy (non-hydrogen) atoms. The highest BCUT2D eigenvalue weighted by Crippen LogP contribution is 2.26. The maximum absolute atomic E-state index is 4.42. The molecule has 1 aromatic carbocycles. The minimum Gasteiger partial charge on any atom is -0.347 e. The van der Waals surface area contributed by atoms with Gasteiger partial charge in [0.05, 0.1) is 0 Å². The number of anilines is 1. The number of nitrogens with one attached hydrogen (secondary N) is 1. The second-order valence-electron chi connectivity index (χ2n) is 6.37. The van der Waals surface area contributed by atoms with Crippen LogP contribution in [0.5, 0.6) is 0 Å². The molecule has 1 fully saturated rings. The van der Waals surface area contributed by atoms with Gasteiger partial charge in [-0.25, -0.2) is 0 Å². The zero-order valence-electron chi connectivity index (χ0n) is 14.3. The second kappa shape index (κ2) is 7.80. The van der Waals surface area contributed by atoms with Crippen molar-refractivity contribution in [2.24, 2.45) is 0 Å². The molecule has 5 nitrogen and oxygen atoms in total. The molecular weight excluding hydrogens is 330 g/mol. The highest BCUT2D eigenvalue weighted by molar-refractivity contribution is 7.17. The molecule has 2 aromatic heterocycles. The van der Waals surface area contributed by atoms with Crippen LogP contribution >= 0.6 is 11.3 Å². The first-order valence-electron chi connectivity index (χ1n) is 8.90. The van der Waals surface area contributed by atoms with E-state index in [1.807, 2.05) is 6.07 Å². The highest BCUT2D eigenvalue weighted by Gasteiger charge is 2.16. The lowest BCUT2D eigenvalue weighted by atomic mass is 10.1. The molecule has 1 saturated heterocycles. The average molecular weight is 353 g/mol. The monoisotopic (exact) mass is 353 g/mol. The molecule has 0 aliphatic carbocycles. The summed E-state index contributed by atoms with van der Waals surface area (Å²) in [6.07, 6.45) is 5.91. The van der Waals surface area contributed by atoms with Crippen molar-refractivity contribution in [2.75, 3.05) is 18.0 Å². The molecule has 4 rings (SSSR count). The maximum atomic E-state index is 4.42. The SMILES string of the molecule is c1ccc(CNCc2cccn2-c2nnc(N3CCCCC3)s2)cc1. The van der Waals surface area contributed by atoms with Gasteiger partial charge in [-0.2, -0.15) is 0 Å². The fourth-order valence-corrected chi connectivity index (χ4v) is 4.11. The van der Waals surface area contributed by atoms with Crippen LogP contribution in [0.2, 0.25) is 0 Å². The van der Waals surface area contributed by atoms with Crippen molar-refractivity contribution in [3.63, 3.8) is 0 Å². The Morgan fingerprint density at radius 1 is 0.880 bits per heavy atom. The number of piperidine rings is 1. The molecular formula is C19H23N5S. The van der Waals surface area contributed by atoms with Gasteiger partial charge in [0.2, 0.25) is 10.3 Å². The Bertz CT molecular complexity index is 789. The average Bonchev–Trinajstić information content (AvgIpc) is 3.32. The number of rotatable bonds is 6. The molecule has 1 N–H and O–H groups in total. The van der Waals surface area contributed by atoms with Crippen LogP contribution in [0.15, 0.2) is 48.7 Å². The van der Waals surface area contributed by atoms with Gasteiger partial charge in [-0.3, -0.25) is 4.57 Å². The summed E-state index contributed by atoms with van der Waals surface area (Å²) in [4.78, 5) is 2.36. The van der Waals surface area contributed by atoms with Crippen molar-refractivity contribution in [1.82, 2.24) is 20.1 Å².